The highest BCUT2D eigenvalue weighted by molar-refractivity contribution is 9.10. The molecule has 0 saturated carbocycles. The molecular weight excluding hydrogens is 296 g/mol. The summed E-state index contributed by atoms with van der Waals surface area (Å²) in [6.45, 7) is 2.18. The highest BCUT2D eigenvalue weighted by Crippen LogP contribution is 2.13. The monoisotopic (exact) mass is 306 g/mol. The van der Waals surface area contributed by atoms with Crippen molar-refractivity contribution >= 4 is 31.9 Å². The van der Waals surface area contributed by atoms with Crippen LogP contribution in [0.3, 0.4) is 0 Å². The Labute approximate surface area is 95.4 Å². The van der Waals surface area contributed by atoms with Crippen LogP contribution >= 0.6 is 31.9 Å². The molecule has 0 aromatic carbocycles. The van der Waals surface area contributed by atoms with Gasteiger partial charge in [0, 0.05) is 23.6 Å². The molecule has 0 N–H and O–H groups in total. The van der Waals surface area contributed by atoms with E-state index in [9.17, 15) is 0 Å². The summed E-state index contributed by atoms with van der Waals surface area (Å²) in [5, 5.41) is 0. The smallest absolute Gasteiger partial charge is 0.129 e. The van der Waals surface area contributed by atoms with Gasteiger partial charge in [-0.1, -0.05) is 29.3 Å². The lowest BCUT2D eigenvalue weighted by Gasteiger charge is -2.05. The lowest BCUT2D eigenvalue weighted by molar-refractivity contribution is 0.718. The highest BCUT2D eigenvalue weighted by atomic mass is 79.9. The molecule has 0 amide bonds. The average Bonchev–Trinajstić information content (AvgIpc) is 2.09. The van der Waals surface area contributed by atoms with Crippen LogP contribution in [0.5, 0.6) is 0 Å². The van der Waals surface area contributed by atoms with Gasteiger partial charge >= 0.3 is 0 Å². The van der Waals surface area contributed by atoms with Crippen molar-refractivity contribution in [3.8, 4) is 0 Å². The molecule has 0 saturated heterocycles. The summed E-state index contributed by atoms with van der Waals surface area (Å²) >= 11 is 6.91. The maximum absolute atomic E-state index is 4.21. The van der Waals surface area contributed by atoms with Crippen LogP contribution in [0.1, 0.15) is 25.6 Å². The number of halogens is 2. The van der Waals surface area contributed by atoms with Gasteiger partial charge in [0.2, 0.25) is 0 Å². The van der Waals surface area contributed by atoms with Crippen molar-refractivity contribution in [2.24, 2.45) is 0 Å². The van der Waals surface area contributed by atoms with Gasteiger partial charge in [-0.3, -0.25) is 0 Å². The molecule has 0 radical (unpaired) electrons. The van der Waals surface area contributed by atoms with Crippen LogP contribution in [-0.4, -0.2) is 14.8 Å². The first kappa shape index (κ1) is 11.1. The van der Waals surface area contributed by atoms with Crippen molar-refractivity contribution in [2.75, 3.05) is 0 Å². The Kier molecular flexibility index (Phi) is 4.88. The fraction of sp³-hybridized carbons (Fsp3) is 0.556. The Bertz CT molecular complexity index is 248. The van der Waals surface area contributed by atoms with Crippen molar-refractivity contribution in [1.29, 1.82) is 0 Å². The van der Waals surface area contributed by atoms with Gasteiger partial charge in [-0.25, -0.2) is 9.97 Å². The van der Waals surface area contributed by atoms with E-state index in [4.69, 9.17) is 0 Å². The van der Waals surface area contributed by atoms with Gasteiger partial charge in [-0.05, 0) is 22.4 Å². The van der Waals surface area contributed by atoms with E-state index in [0.717, 1.165) is 16.7 Å². The normalized spacial score (nSPS) is 12.8. The molecule has 0 aliphatic rings. The summed E-state index contributed by atoms with van der Waals surface area (Å²) in [6, 6.07) is 0. The van der Waals surface area contributed by atoms with Gasteiger partial charge in [0.1, 0.15) is 5.82 Å². The minimum atomic E-state index is 0.499. The van der Waals surface area contributed by atoms with Crippen LogP contribution in [0.2, 0.25) is 0 Å². The summed E-state index contributed by atoms with van der Waals surface area (Å²) in [4.78, 5) is 8.92. The second kappa shape index (κ2) is 5.70. The van der Waals surface area contributed by atoms with Gasteiger partial charge in [-0.15, -0.1) is 0 Å². The Morgan fingerprint density at radius 1 is 1.38 bits per heavy atom. The van der Waals surface area contributed by atoms with E-state index in [0.29, 0.717) is 4.83 Å². The molecule has 0 aliphatic heterocycles. The molecule has 1 unspecified atom stereocenters. The number of alkyl halides is 1. The number of hydrogen-bond donors (Lipinski definition) is 0. The van der Waals surface area contributed by atoms with Crippen LogP contribution in [0.15, 0.2) is 16.9 Å². The molecule has 2 nitrogen and oxygen atoms in total. The standard InChI is InChI=1S/C9H12Br2N2/c1-2-3-7(10)4-9-12-5-8(11)6-13-9/h5-7H,2-4H2,1H3. The molecule has 1 aromatic rings. The number of nitrogens with zero attached hydrogens (tertiary/aromatic N) is 2. The number of aromatic nitrogens is 2. The second-order valence-electron chi connectivity index (χ2n) is 2.91. The molecule has 4 heteroatoms. The van der Waals surface area contributed by atoms with E-state index >= 15 is 0 Å². The Balaban J connectivity index is 2.49. The van der Waals surface area contributed by atoms with E-state index in [1.165, 1.54) is 12.8 Å². The summed E-state index contributed by atoms with van der Waals surface area (Å²) in [6.07, 6.45) is 6.83. The van der Waals surface area contributed by atoms with Crippen LogP contribution in [0, 0.1) is 0 Å². The number of rotatable bonds is 4. The van der Waals surface area contributed by atoms with Gasteiger partial charge in [0.15, 0.2) is 0 Å². The Morgan fingerprint density at radius 3 is 2.54 bits per heavy atom. The quantitative estimate of drug-likeness (QED) is 0.797. The van der Waals surface area contributed by atoms with Gasteiger partial charge in [0.05, 0.1) is 4.47 Å². The maximum atomic E-state index is 4.21. The minimum absolute atomic E-state index is 0.499. The predicted molar refractivity (Wildman–Crippen MR) is 61.1 cm³/mol. The number of hydrogen-bond acceptors (Lipinski definition) is 2. The van der Waals surface area contributed by atoms with Crippen molar-refractivity contribution in [3.05, 3.63) is 22.7 Å². The van der Waals surface area contributed by atoms with Gasteiger partial charge in [0.25, 0.3) is 0 Å². The lowest BCUT2D eigenvalue weighted by atomic mass is 10.2. The summed E-state index contributed by atoms with van der Waals surface area (Å²) in [5.74, 6) is 0.901. The maximum Gasteiger partial charge on any atom is 0.129 e. The highest BCUT2D eigenvalue weighted by Gasteiger charge is 2.05. The first-order chi connectivity index (χ1) is 6.22. The van der Waals surface area contributed by atoms with E-state index < -0.39 is 0 Å². The van der Waals surface area contributed by atoms with Crippen molar-refractivity contribution in [3.63, 3.8) is 0 Å². The van der Waals surface area contributed by atoms with E-state index in [1.807, 2.05) is 0 Å². The first-order valence-electron chi connectivity index (χ1n) is 4.33. The lowest BCUT2D eigenvalue weighted by Crippen LogP contribution is -2.05. The minimum Gasteiger partial charge on any atom is -0.240 e. The van der Waals surface area contributed by atoms with Gasteiger partial charge in [-0.2, -0.15) is 0 Å². The zero-order chi connectivity index (χ0) is 9.68. The summed E-state index contributed by atoms with van der Waals surface area (Å²) < 4.78 is 0.929. The molecule has 72 valence electrons. The predicted octanol–water partition coefficient (Wildman–Crippen LogP) is 3.35. The third-order valence-corrected chi connectivity index (χ3v) is 2.87. The molecule has 1 heterocycles. The largest absolute Gasteiger partial charge is 0.240 e. The molecular formula is C9H12Br2N2. The molecule has 0 bridgehead atoms. The fourth-order valence-electron chi connectivity index (χ4n) is 1.06. The summed E-state index contributed by atoms with van der Waals surface area (Å²) in [7, 11) is 0. The van der Waals surface area contributed by atoms with E-state index in [2.05, 4.69) is 48.8 Å². The molecule has 0 fully saturated rings. The second-order valence-corrected chi connectivity index (χ2v) is 5.12. The fourth-order valence-corrected chi connectivity index (χ4v) is 2.01. The zero-order valence-corrected chi connectivity index (χ0v) is 10.7. The topological polar surface area (TPSA) is 25.8 Å². The van der Waals surface area contributed by atoms with Crippen molar-refractivity contribution < 1.29 is 0 Å². The summed E-state index contributed by atoms with van der Waals surface area (Å²) in [5.41, 5.74) is 0. The van der Waals surface area contributed by atoms with E-state index in [-0.39, 0.29) is 0 Å². The SMILES string of the molecule is CCCC(Br)Cc1ncc(Br)cn1. The molecule has 0 spiro atoms. The molecule has 0 aliphatic carbocycles. The molecule has 1 rings (SSSR count). The van der Waals surface area contributed by atoms with Crippen LogP contribution < -0.4 is 0 Å². The Morgan fingerprint density at radius 2 is 2.00 bits per heavy atom. The van der Waals surface area contributed by atoms with Crippen LogP contribution in [0.4, 0.5) is 0 Å². The molecule has 13 heavy (non-hydrogen) atoms. The van der Waals surface area contributed by atoms with Gasteiger partial charge < -0.3 is 0 Å². The van der Waals surface area contributed by atoms with Crippen molar-refractivity contribution in [1.82, 2.24) is 9.97 Å². The van der Waals surface area contributed by atoms with Crippen molar-refractivity contribution in [2.45, 2.75) is 31.0 Å². The van der Waals surface area contributed by atoms with Crippen LogP contribution in [0.25, 0.3) is 0 Å². The third-order valence-electron chi connectivity index (χ3n) is 1.68. The molecule has 1 atom stereocenters. The van der Waals surface area contributed by atoms with E-state index in [1.54, 1.807) is 12.4 Å². The molecule has 1 aromatic heterocycles. The Hall–Kier alpha value is 0.0400. The average molecular weight is 308 g/mol. The van der Waals surface area contributed by atoms with Crippen LogP contribution in [-0.2, 0) is 6.42 Å². The first-order valence-corrected chi connectivity index (χ1v) is 6.03. The zero-order valence-electron chi connectivity index (χ0n) is 7.50. The third kappa shape index (κ3) is 4.18.